The average molecular weight is 404 g/mol. The van der Waals surface area contributed by atoms with Gasteiger partial charge in [-0.15, -0.1) is 0 Å². The lowest BCUT2D eigenvalue weighted by atomic mass is 9.85. The van der Waals surface area contributed by atoms with Crippen molar-refractivity contribution in [2.24, 2.45) is 0 Å². The quantitative estimate of drug-likeness (QED) is 0.681. The second-order valence-electron chi connectivity index (χ2n) is 8.03. The van der Waals surface area contributed by atoms with Gasteiger partial charge in [-0.25, -0.2) is 9.97 Å². The molecule has 4 nitrogen and oxygen atoms in total. The maximum absolute atomic E-state index is 13.1. The number of rotatable bonds is 5. The average Bonchev–Trinajstić information content (AvgIpc) is 2.67. The first-order valence-corrected chi connectivity index (χ1v) is 10.5. The van der Waals surface area contributed by atoms with Crippen LogP contribution in [0.15, 0.2) is 36.5 Å². The molecule has 1 saturated carbocycles. The molecule has 156 valence electrons. The van der Waals surface area contributed by atoms with Crippen molar-refractivity contribution in [3.8, 4) is 0 Å². The highest BCUT2D eigenvalue weighted by Gasteiger charge is 2.33. The fraction of sp³-hybridized carbons (Fsp3) is 0.545. The van der Waals surface area contributed by atoms with Crippen molar-refractivity contribution < 1.29 is 13.2 Å². The zero-order chi connectivity index (χ0) is 20.4. The number of aromatic nitrogens is 2. The Labute approximate surface area is 169 Å². The molecule has 29 heavy (non-hydrogen) atoms. The monoisotopic (exact) mass is 404 g/mol. The largest absolute Gasteiger partial charge is 0.416 e. The molecule has 0 N–H and O–H groups in total. The minimum Gasteiger partial charge on any atom is -0.368 e. The van der Waals surface area contributed by atoms with E-state index in [0.29, 0.717) is 24.7 Å². The highest BCUT2D eigenvalue weighted by molar-refractivity contribution is 5.52. The van der Waals surface area contributed by atoms with E-state index in [2.05, 4.69) is 21.7 Å². The predicted octanol–water partition coefficient (Wildman–Crippen LogP) is 5.26. The number of hydrogen-bond acceptors (Lipinski definition) is 4. The highest BCUT2D eigenvalue weighted by Crippen LogP contribution is 2.36. The van der Waals surface area contributed by atoms with E-state index in [9.17, 15) is 13.2 Å². The van der Waals surface area contributed by atoms with E-state index in [4.69, 9.17) is 4.98 Å². The topological polar surface area (TPSA) is 32.3 Å². The number of benzene rings is 1. The Morgan fingerprint density at radius 2 is 1.97 bits per heavy atom. The first kappa shape index (κ1) is 20.0. The maximum atomic E-state index is 13.1. The molecule has 2 fully saturated rings. The normalized spacial score (nSPS) is 20.6. The van der Waals surface area contributed by atoms with Crippen LogP contribution in [0.1, 0.15) is 56.3 Å². The molecule has 1 aromatic heterocycles. The molecule has 1 aromatic carbocycles. The van der Waals surface area contributed by atoms with Gasteiger partial charge in [0.2, 0.25) is 0 Å². The van der Waals surface area contributed by atoms with Crippen LogP contribution >= 0.6 is 0 Å². The first-order valence-electron chi connectivity index (χ1n) is 10.5. The van der Waals surface area contributed by atoms with Crippen LogP contribution in [0.2, 0.25) is 0 Å². The van der Waals surface area contributed by atoms with Crippen LogP contribution in [-0.4, -0.2) is 35.6 Å². The lowest BCUT2D eigenvalue weighted by Crippen LogP contribution is -2.53. The number of halogens is 3. The molecule has 1 aliphatic carbocycles. The number of anilines is 2. The van der Waals surface area contributed by atoms with Gasteiger partial charge in [0.1, 0.15) is 11.6 Å². The predicted molar refractivity (Wildman–Crippen MR) is 108 cm³/mol. The van der Waals surface area contributed by atoms with Crippen LogP contribution in [0, 0.1) is 0 Å². The molecule has 0 radical (unpaired) electrons. The zero-order valence-electron chi connectivity index (χ0n) is 16.7. The van der Waals surface area contributed by atoms with Crippen LogP contribution < -0.4 is 9.80 Å². The summed E-state index contributed by atoms with van der Waals surface area (Å²) in [7, 11) is 0. The molecule has 1 atom stereocenters. The van der Waals surface area contributed by atoms with Gasteiger partial charge in [0.15, 0.2) is 0 Å². The molecule has 0 bridgehead atoms. The summed E-state index contributed by atoms with van der Waals surface area (Å²) < 4.78 is 39.3. The SMILES string of the molecule is CCCC1CN(c2cccc(C(F)(F)F)c2)CCN1c1ccnc(C2CCC2)n1. The van der Waals surface area contributed by atoms with Crippen LogP contribution in [0.4, 0.5) is 24.7 Å². The molecule has 1 aliphatic heterocycles. The van der Waals surface area contributed by atoms with E-state index in [1.165, 1.54) is 18.6 Å². The van der Waals surface area contributed by atoms with E-state index >= 15 is 0 Å². The summed E-state index contributed by atoms with van der Waals surface area (Å²) in [5.74, 6) is 2.36. The Hall–Kier alpha value is -2.31. The van der Waals surface area contributed by atoms with Crippen molar-refractivity contribution in [2.45, 2.75) is 57.2 Å². The third-order valence-corrected chi connectivity index (χ3v) is 6.07. The minimum absolute atomic E-state index is 0.215. The standard InChI is InChI=1S/C22H27F3N4/c1-2-5-19-15-28(18-9-4-8-17(14-18)22(23,24)25)12-13-29(19)20-10-11-26-21(27-20)16-6-3-7-16/h4,8-11,14,16,19H,2-3,5-7,12-13,15H2,1H3. The molecular formula is C22H27F3N4. The Bertz CT molecular complexity index is 835. The summed E-state index contributed by atoms with van der Waals surface area (Å²) in [6.07, 6.45) is 3.07. The van der Waals surface area contributed by atoms with E-state index in [1.807, 2.05) is 12.3 Å². The number of alkyl halides is 3. The molecule has 1 unspecified atom stereocenters. The van der Waals surface area contributed by atoms with Crippen LogP contribution in [-0.2, 0) is 6.18 Å². The van der Waals surface area contributed by atoms with Crippen molar-refractivity contribution in [3.05, 3.63) is 47.9 Å². The summed E-state index contributed by atoms with van der Waals surface area (Å²) in [5, 5.41) is 0. The fourth-order valence-electron chi connectivity index (χ4n) is 4.24. The Morgan fingerprint density at radius 3 is 2.66 bits per heavy atom. The molecule has 2 aromatic rings. The molecular weight excluding hydrogens is 377 g/mol. The molecule has 1 saturated heterocycles. The first-order chi connectivity index (χ1) is 14.0. The molecule has 0 spiro atoms. The van der Waals surface area contributed by atoms with Gasteiger partial charge >= 0.3 is 6.18 Å². The van der Waals surface area contributed by atoms with Crippen molar-refractivity contribution in [2.75, 3.05) is 29.4 Å². The third kappa shape index (κ3) is 4.33. The van der Waals surface area contributed by atoms with Gasteiger partial charge in [-0.3, -0.25) is 0 Å². The van der Waals surface area contributed by atoms with Gasteiger partial charge in [0.05, 0.1) is 5.56 Å². The minimum atomic E-state index is -4.32. The summed E-state index contributed by atoms with van der Waals surface area (Å²) in [5.41, 5.74) is 0.0452. The van der Waals surface area contributed by atoms with Crippen molar-refractivity contribution in [3.63, 3.8) is 0 Å². The van der Waals surface area contributed by atoms with Gasteiger partial charge in [-0.05, 0) is 43.5 Å². The van der Waals surface area contributed by atoms with Gasteiger partial charge in [-0.2, -0.15) is 13.2 Å². The molecule has 4 rings (SSSR count). The Morgan fingerprint density at radius 1 is 1.14 bits per heavy atom. The number of nitrogens with zero attached hydrogens (tertiary/aromatic N) is 4. The van der Waals surface area contributed by atoms with Crippen molar-refractivity contribution in [1.82, 2.24) is 9.97 Å². The Kier molecular flexibility index (Phi) is 5.65. The summed E-state index contributed by atoms with van der Waals surface area (Å²) >= 11 is 0. The van der Waals surface area contributed by atoms with E-state index < -0.39 is 11.7 Å². The van der Waals surface area contributed by atoms with E-state index in [1.54, 1.807) is 6.07 Å². The number of hydrogen-bond donors (Lipinski definition) is 0. The van der Waals surface area contributed by atoms with Crippen molar-refractivity contribution >= 4 is 11.5 Å². The smallest absolute Gasteiger partial charge is 0.368 e. The third-order valence-electron chi connectivity index (χ3n) is 6.07. The lowest BCUT2D eigenvalue weighted by Gasteiger charge is -2.43. The van der Waals surface area contributed by atoms with Gasteiger partial charge in [0.25, 0.3) is 0 Å². The van der Waals surface area contributed by atoms with E-state index in [0.717, 1.165) is 49.9 Å². The lowest BCUT2D eigenvalue weighted by molar-refractivity contribution is -0.137. The van der Waals surface area contributed by atoms with Crippen molar-refractivity contribution in [1.29, 1.82) is 0 Å². The van der Waals surface area contributed by atoms with Gasteiger partial charge in [-0.1, -0.05) is 25.8 Å². The Balaban J connectivity index is 1.53. The van der Waals surface area contributed by atoms with Crippen LogP contribution in [0.25, 0.3) is 0 Å². The molecule has 0 amide bonds. The van der Waals surface area contributed by atoms with Crippen LogP contribution in [0.3, 0.4) is 0 Å². The molecule has 2 heterocycles. The van der Waals surface area contributed by atoms with E-state index in [-0.39, 0.29) is 6.04 Å². The summed E-state index contributed by atoms with van der Waals surface area (Å²) in [4.78, 5) is 13.7. The second kappa shape index (κ2) is 8.20. The summed E-state index contributed by atoms with van der Waals surface area (Å²) in [6, 6.07) is 7.84. The second-order valence-corrected chi connectivity index (χ2v) is 8.03. The highest BCUT2D eigenvalue weighted by atomic mass is 19.4. The maximum Gasteiger partial charge on any atom is 0.416 e. The van der Waals surface area contributed by atoms with Gasteiger partial charge in [0, 0.05) is 43.5 Å². The zero-order valence-corrected chi connectivity index (χ0v) is 16.7. The van der Waals surface area contributed by atoms with Gasteiger partial charge < -0.3 is 9.80 Å². The summed E-state index contributed by atoms with van der Waals surface area (Å²) in [6.45, 7) is 4.24. The fourth-order valence-corrected chi connectivity index (χ4v) is 4.24. The number of piperazine rings is 1. The van der Waals surface area contributed by atoms with Crippen LogP contribution in [0.5, 0.6) is 0 Å². The molecule has 2 aliphatic rings. The molecule has 7 heteroatoms.